The smallest absolute Gasteiger partial charge is 0.337 e. The van der Waals surface area contributed by atoms with Gasteiger partial charge in [0, 0.05) is 19.5 Å². The van der Waals surface area contributed by atoms with Crippen LogP contribution in [0.25, 0.3) is 0 Å². The van der Waals surface area contributed by atoms with Gasteiger partial charge in [0.1, 0.15) is 5.82 Å². The predicted octanol–water partition coefficient (Wildman–Crippen LogP) is 0.300. The second-order valence-corrected chi connectivity index (χ2v) is 3.59. The van der Waals surface area contributed by atoms with Crippen LogP contribution in [-0.2, 0) is 4.79 Å². The van der Waals surface area contributed by atoms with Crippen LogP contribution in [0.1, 0.15) is 23.7 Å². The standard InChI is InChI=1S/C11H16N4O3/c1-2-13-10(16)3-4-14-9-5-7(11(17)18)8(12)6-15-9/h5-6H,2-4,12H2,1H3,(H,13,16)(H,14,15)(H,17,18). The van der Waals surface area contributed by atoms with E-state index in [1.165, 1.54) is 12.3 Å². The monoisotopic (exact) mass is 252 g/mol. The Balaban J connectivity index is 2.55. The Kier molecular flexibility index (Phi) is 4.91. The zero-order chi connectivity index (χ0) is 13.5. The van der Waals surface area contributed by atoms with E-state index in [4.69, 9.17) is 10.8 Å². The van der Waals surface area contributed by atoms with Crippen molar-refractivity contribution in [3.05, 3.63) is 17.8 Å². The molecule has 0 saturated carbocycles. The van der Waals surface area contributed by atoms with Gasteiger partial charge < -0.3 is 21.5 Å². The molecular weight excluding hydrogens is 236 g/mol. The van der Waals surface area contributed by atoms with E-state index in [9.17, 15) is 9.59 Å². The molecule has 0 unspecified atom stereocenters. The largest absolute Gasteiger partial charge is 0.478 e. The molecular formula is C11H16N4O3. The number of hydrogen-bond donors (Lipinski definition) is 4. The molecule has 0 atom stereocenters. The summed E-state index contributed by atoms with van der Waals surface area (Å²) in [5.41, 5.74) is 5.57. The molecule has 7 nitrogen and oxygen atoms in total. The van der Waals surface area contributed by atoms with Crippen molar-refractivity contribution in [2.24, 2.45) is 0 Å². The SMILES string of the molecule is CCNC(=O)CCNc1cc(C(=O)O)c(N)cn1. The fraction of sp³-hybridized carbons (Fsp3) is 0.364. The number of nitrogens with two attached hydrogens (primary N) is 1. The normalized spacial score (nSPS) is 9.83. The molecule has 18 heavy (non-hydrogen) atoms. The molecule has 5 N–H and O–H groups in total. The number of rotatable bonds is 6. The highest BCUT2D eigenvalue weighted by atomic mass is 16.4. The Labute approximate surface area is 104 Å². The fourth-order valence-electron chi connectivity index (χ4n) is 1.34. The molecule has 0 aliphatic carbocycles. The van der Waals surface area contributed by atoms with Crippen LogP contribution < -0.4 is 16.4 Å². The van der Waals surface area contributed by atoms with Crippen molar-refractivity contribution in [3.63, 3.8) is 0 Å². The molecule has 0 aromatic carbocycles. The quantitative estimate of drug-likeness (QED) is 0.578. The maximum atomic E-state index is 11.2. The van der Waals surface area contributed by atoms with Crippen molar-refractivity contribution >= 4 is 23.4 Å². The molecule has 98 valence electrons. The van der Waals surface area contributed by atoms with Gasteiger partial charge in [-0.1, -0.05) is 0 Å². The van der Waals surface area contributed by atoms with Gasteiger partial charge in [0.05, 0.1) is 17.4 Å². The second-order valence-electron chi connectivity index (χ2n) is 3.59. The van der Waals surface area contributed by atoms with Crippen molar-refractivity contribution in [2.75, 3.05) is 24.1 Å². The number of aromatic nitrogens is 1. The van der Waals surface area contributed by atoms with Gasteiger partial charge in [0.25, 0.3) is 0 Å². The van der Waals surface area contributed by atoms with Gasteiger partial charge in [0.15, 0.2) is 0 Å². The Morgan fingerprint density at radius 1 is 1.50 bits per heavy atom. The van der Waals surface area contributed by atoms with Crippen LogP contribution in [0.2, 0.25) is 0 Å². The zero-order valence-electron chi connectivity index (χ0n) is 10.1. The molecule has 0 aliphatic heterocycles. The van der Waals surface area contributed by atoms with Gasteiger partial charge in [-0.2, -0.15) is 0 Å². The third-order valence-electron chi connectivity index (χ3n) is 2.20. The lowest BCUT2D eigenvalue weighted by Gasteiger charge is -2.07. The van der Waals surface area contributed by atoms with E-state index in [1.807, 2.05) is 6.92 Å². The molecule has 1 aromatic heterocycles. The maximum absolute atomic E-state index is 11.2. The number of carbonyl (C=O) groups is 2. The van der Waals surface area contributed by atoms with Crippen molar-refractivity contribution < 1.29 is 14.7 Å². The van der Waals surface area contributed by atoms with E-state index in [2.05, 4.69) is 15.6 Å². The number of hydrogen-bond acceptors (Lipinski definition) is 5. The molecule has 1 heterocycles. The number of carbonyl (C=O) groups excluding carboxylic acids is 1. The first kappa shape index (κ1) is 13.8. The Bertz CT molecular complexity index is 448. The van der Waals surface area contributed by atoms with E-state index < -0.39 is 5.97 Å². The van der Waals surface area contributed by atoms with E-state index in [1.54, 1.807) is 0 Å². The minimum atomic E-state index is -1.11. The van der Waals surface area contributed by atoms with E-state index in [0.717, 1.165) is 0 Å². The molecule has 0 saturated heterocycles. The minimum Gasteiger partial charge on any atom is -0.478 e. The number of pyridine rings is 1. The van der Waals surface area contributed by atoms with E-state index >= 15 is 0 Å². The lowest BCUT2D eigenvalue weighted by atomic mass is 10.2. The summed E-state index contributed by atoms with van der Waals surface area (Å²) < 4.78 is 0. The number of carboxylic acid groups (broad SMARTS) is 1. The Morgan fingerprint density at radius 2 is 2.22 bits per heavy atom. The number of nitrogen functional groups attached to an aromatic ring is 1. The Hall–Kier alpha value is -2.31. The summed E-state index contributed by atoms with van der Waals surface area (Å²) in [5, 5.41) is 14.4. The highest BCUT2D eigenvalue weighted by molar-refractivity contribution is 5.94. The number of aromatic carboxylic acids is 1. The summed E-state index contributed by atoms with van der Waals surface area (Å²) in [7, 11) is 0. The number of nitrogens with zero attached hydrogens (tertiary/aromatic N) is 1. The van der Waals surface area contributed by atoms with E-state index in [0.29, 0.717) is 25.3 Å². The maximum Gasteiger partial charge on any atom is 0.337 e. The average molecular weight is 252 g/mol. The van der Waals surface area contributed by atoms with Crippen molar-refractivity contribution in [1.82, 2.24) is 10.3 Å². The van der Waals surface area contributed by atoms with Crippen LogP contribution in [0.5, 0.6) is 0 Å². The van der Waals surface area contributed by atoms with Gasteiger partial charge >= 0.3 is 5.97 Å². The van der Waals surface area contributed by atoms with Crippen LogP contribution in [0, 0.1) is 0 Å². The first-order chi connectivity index (χ1) is 8.54. The van der Waals surface area contributed by atoms with Crippen LogP contribution in [0.4, 0.5) is 11.5 Å². The third-order valence-corrected chi connectivity index (χ3v) is 2.20. The minimum absolute atomic E-state index is 0.00879. The van der Waals surface area contributed by atoms with Crippen LogP contribution in [0.3, 0.4) is 0 Å². The van der Waals surface area contributed by atoms with Crippen LogP contribution >= 0.6 is 0 Å². The molecule has 1 rings (SSSR count). The lowest BCUT2D eigenvalue weighted by Crippen LogP contribution is -2.24. The summed E-state index contributed by atoms with van der Waals surface area (Å²) in [6.07, 6.45) is 1.57. The summed E-state index contributed by atoms with van der Waals surface area (Å²) in [4.78, 5) is 26.0. The van der Waals surface area contributed by atoms with Crippen LogP contribution in [0.15, 0.2) is 12.3 Å². The highest BCUT2D eigenvalue weighted by Gasteiger charge is 2.09. The molecule has 1 aromatic rings. The van der Waals surface area contributed by atoms with Gasteiger partial charge in [-0.3, -0.25) is 4.79 Å². The van der Waals surface area contributed by atoms with Gasteiger partial charge in [-0.05, 0) is 13.0 Å². The molecule has 0 fully saturated rings. The number of nitrogens with one attached hydrogen (secondary N) is 2. The highest BCUT2D eigenvalue weighted by Crippen LogP contribution is 2.14. The van der Waals surface area contributed by atoms with Crippen LogP contribution in [-0.4, -0.2) is 35.1 Å². The summed E-state index contributed by atoms with van der Waals surface area (Å²) >= 11 is 0. The summed E-state index contributed by atoms with van der Waals surface area (Å²) in [6.45, 7) is 2.80. The number of amides is 1. The van der Waals surface area contributed by atoms with Crippen molar-refractivity contribution in [1.29, 1.82) is 0 Å². The second kappa shape index (κ2) is 6.43. The molecule has 1 amide bonds. The van der Waals surface area contributed by atoms with Gasteiger partial charge in [-0.25, -0.2) is 9.78 Å². The lowest BCUT2D eigenvalue weighted by molar-refractivity contribution is -0.120. The Morgan fingerprint density at radius 3 is 2.83 bits per heavy atom. The molecule has 0 bridgehead atoms. The number of carboxylic acids is 1. The first-order valence-electron chi connectivity index (χ1n) is 5.54. The number of anilines is 2. The average Bonchev–Trinajstić information content (AvgIpc) is 2.31. The molecule has 0 aliphatic rings. The fourth-order valence-corrected chi connectivity index (χ4v) is 1.34. The molecule has 0 spiro atoms. The third kappa shape index (κ3) is 3.93. The predicted molar refractivity (Wildman–Crippen MR) is 67.4 cm³/mol. The first-order valence-corrected chi connectivity index (χ1v) is 5.54. The van der Waals surface area contributed by atoms with Gasteiger partial charge in [0.2, 0.25) is 5.91 Å². The zero-order valence-corrected chi connectivity index (χ0v) is 10.1. The molecule has 7 heteroatoms. The van der Waals surface area contributed by atoms with E-state index in [-0.39, 0.29) is 17.2 Å². The van der Waals surface area contributed by atoms with Gasteiger partial charge in [-0.15, -0.1) is 0 Å². The van der Waals surface area contributed by atoms with Crippen molar-refractivity contribution in [2.45, 2.75) is 13.3 Å². The van der Waals surface area contributed by atoms with Crippen molar-refractivity contribution in [3.8, 4) is 0 Å². The summed E-state index contributed by atoms with van der Waals surface area (Å²) in [6, 6.07) is 1.34. The summed E-state index contributed by atoms with van der Waals surface area (Å²) in [5.74, 6) is -0.800. The molecule has 0 radical (unpaired) electrons. The topological polar surface area (TPSA) is 117 Å².